The number of aliphatic carboxylic acids is 1. The standard InChI is InChI=1S/C5H10O3/c1-3(2)4(6)5(7)8/h3-4,6H,1-2H3,(H,7,8)/i1D3. The van der Waals surface area contributed by atoms with E-state index in [0.717, 1.165) is 0 Å². The van der Waals surface area contributed by atoms with Crippen LogP contribution in [0.3, 0.4) is 0 Å². The van der Waals surface area contributed by atoms with Gasteiger partial charge in [0.05, 0.1) is 0 Å². The summed E-state index contributed by atoms with van der Waals surface area (Å²) in [5.41, 5.74) is 0. The van der Waals surface area contributed by atoms with Gasteiger partial charge in [-0.15, -0.1) is 0 Å². The number of carboxylic acids is 1. The summed E-state index contributed by atoms with van der Waals surface area (Å²) in [6.07, 6.45) is -1.82. The summed E-state index contributed by atoms with van der Waals surface area (Å²) in [7, 11) is 0. The van der Waals surface area contributed by atoms with Gasteiger partial charge in [0, 0.05) is 4.11 Å². The first-order valence-electron chi connectivity index (χ1n) is 3.67. The highest BCUT2D eigenvalue weighted by atomic mass is 16.4. The van der Waals surface area contributed by atoms with Gasteiger partial charge in [-0.3, -0.25) is 0 Å². The van der Waals surface area contributed by atoms with Crippen molar-refractivity contribution in [1.82, 2.24) is 0 Å². The second-order valence-corrected chi connectivity index (χ2v) is 1.57. The van der Waals surface area contributed by atoms with Crippen LogP contribution in [0.15, 0.2) is 0 Å². The Bertz CT molecular complexity index is 154. The molecule has 0 amide bonds. The number of rotatable bonds is 2. The van der Waals surface area contributed by atoms with E-state index in [9.17, 15) is 4.79 Å². The molecule has 0 saturated heterocycles. The lowest BCUT2D eigenvalue weighted by atomic mass is 10.1. The fourth-order valence-electron chi connectivity index (χ4n) is 0.214. The third-order valence-corrected chi connectivity index (χ3v) is 0.727. The summed E-state index contributed by atoms with van der Waals surface area (Å²) in [6.45, 7) is -1.25. The molecule has 0 saturated carbocycles. The normalized spacial score (nSPS) is 24.5. The maximum absolute atomic E-state index is 10.1. The number of carbonyl (C=O) groups is 1. The number of hydrogen-bond donors (Lipinski definition) is 2. The van der Waals surface area contributed by atoms with E-state index >= 15 is 0 Å². The molecule has 0 fully saturated rings. The highest BCUT2D eigenvalue weighted by Gasteiger charge is 2.16. The van der Waals surface area contributed by atoms with E-state index < -0.39 is 24.8 Å². The van der Waals surface area contributed by atoms with E-state index in [4.69, 9.17) is 14.3 Å². The summed E-state index contributed by atoms with van der Waals surface area (Å²) >= 11 is 0. The lowest BCUT2D eigenvalue weighted by Gasteiger charge is -2.06. The zero-order valence-corrected chi connectivity index (χ0v) is 4.46. The van der Waals surface area contributed by atoms with E-state index in [1.807, 2.05) is 0 Å². The maximum atomic E-state index is 10.1. The Labute approximate surface area is 52.2 Å². The average molecular weight is 121 g/mol. The second kappa shape index (κ2) is 2.67. The molecule has 0 radical (unpaired) electrons. The summed E-state index contributed by atoms with van der Waals surface area (Å²) < 4.78 is 20.3. The molecule has 0 rings (SSSR count). The number of carboxylic acid groups (broad SMARTS) is 1. The first-order chi connectivity index (χ1) is 4.76. The Morgan fingerprint density at radius 1 is 1.88 bits per heavy atom. The first-order valence-corrected chi connectivity index (χ1v) is 2.17. The van der Waals surface area contributed by atoms with Crippen LogP contribution in [0.5, 0.6) is 0 Å². The molecule has 0 aliphatic heterocycles. The number of aliphatic hydroxyl groups excluding tert-OH is 1. The SMILES string of the molecule is [2H]C([2H])([2H])C(C)C(O)C(=O)O. The van der Waals surface area contributed by atoms with Crippen LogP contribution in [0.2, 0.25) is 0 Å². The Hall–Kier alpha value is -0.570. The van der Waals surface area contributed by atoms with Crippen molar-refractivity contribution >= 4 is 5.97 Å². The number of aliphatic hydroxyl groups is 1. The predicted octanol–water partition coefficient (Wildman–Crippen LogP) is 0.0879. The molecule has 0 aliphatic carbocycles. The molecule has 2 unspecified atom stereocenters. The monoisotopic (exact) mass is 121 g/mol. The van der Waals surface area contributed by atoms with Gasteiger partial charge < -0.3 is 10.2 Å². The minimum Gasteiger partial charge on any atom is -0.479 e. The van der Waals surface area contributed by atoms with Crippen LogP contribution in [0, 0.1) is 5.92 Å². The molecule has 0 bridgehead atoms. The molecule has 2 atom stereocenters. The largest absolute Gasteiger partial charge is 0.479 e. The second-order valence-electron chi connectivity index (χ2n) is 1.57. The van der Waals surface area contributed by atoms with Gasteiger partial charge in [0.2, 0.25) is 0 Å². The van der Waals surface area contributed by atoms with Gasteiger partial charge in [-0.25, -0.2) is 4.79 Å². The molecule has 0 heterocycles. The van der Waals surface area contributed by atoms with Crippen LogP contribution in [-0.4, -0.2) is 22.3 Å². The molecule has 2 N–H and O–H groups in total. The molecule has 0 spiro atoms. The minimum atomic E-state index is -2.42. The Kier molecular flexibility index (Phi) is 1.15. The summed E-state index contributed by atoms with van der Waals surface area (Å²) in [4.78, 5) is 10.1. The number of hydrogen-bond acceptors (Lipinski definition) is 2. The van der Waals surface area contributed by atoms with Crippen molar-refractivity contribution < 1.29 is 19.1 Å². The molecule has 0 aromatic rings. The molecule has 0 aliphatic rings. The molecule has 8 heavy (non-hydrogen) atoms. The molecule has 48 valence electrons. The summed E-state index contributed by atoms with van der Waals surface area (Å²) in [6, 6.07) is 0. The molecular weight excluding hydrogens is 108 g/mol. The quantitative estimate of drug-likeness (QED) is 0.544. The van der Waals surface area contributed by atoms with Crippen molar-refractivity contribution in [2.45, 2.75) is 19.9 Å². The highest BCUT2D eigenvalue weighted by Crippen LogP contribution is 1.99. The van der Waals surface area contributed by atoms with E-state index in [1.165, 1.54) is 6.92 Å². The third-order valence-electron chi connectivity index (χ3n) is 0.727. The van der Waals surface area contributed by atoms with Crippen molar-refractivity contribution in [2.24, 2.45) is 5.92 Å². The fourth-order valence-corrected chi connectivity index (χ4v) is 0.214. The fraction of sp³-hybridized carbons (Fsp3) is 0.800. The van der Waals surface area contributed by atoms with Gasteiger partial charge in [-0.1, -0.05) is 13.8 Å². The van der Waals surface area contributed by atoms with E-state index in [1.54, 1.807) is 0 Å². The van der Waals surface area contributed by atoms with Crippen LogP contribution >= 0.6 is 0 Å². The highest BCUT2D eigenvalue weighted by molar-refractivity contribution is 5.72. The van der Waals surface area contributed by atoms with Gasteiger partial charge in [-0.05, 0) is 5.92 Å². The van der Waals surface area contributed by atoms with E-state index in [-0.39, 0.29) is 0 Å². The maximum Gasteiger partial charge on any atom is 0.332 e. The van der Waals surface area contributed by atoms with Crippen LogP contribution in [-0.2, 0) is 4.79 Å². The van der Waals surface area contributed by atoms with Gasteiger partial charge in [0.25, 0.3) is 0 Å². The molecule has 0 aromatic heterocycles. The molecular formula is C5H10O3. The molecule has 3 heteroatoms. The van der Waals surface area contributed by atoms with E-state index in [0.29, 0.717) is 0 Å². The summed E-state index contributed by atoms with van der Waals surface area (Å²) in [5.74, 6) is -2.74. The van der Waals surface area contributed by atoms with Gasteiger partial charge >= 0.3 is 5.97 Å². The predicted molar refractivity (Wildman–Crippen MR) is 28.5 cm³/mol. The molecule has 3 nitrogen and oxygen atoms in total. The average Bonchev–Trinajstić information content (AvgIpc) is 1.82. The van der Waals surface area contributed by atoms with Crippen LogP contribution in [0.4, 0.5) is 0 Å². The van der Waals surface area contributed by atoms with Crippen LogP contribution < -0.4 is 0 Å². The Morgan fingerprint density at radius 3 is 2.50 bits per heavy atom. The van der Waals surface area contributed by atoms with E-state index in [2.05, 4.69) is 0 Å². The van der Waals surface area contributed by atoms with Crippen molar-refractivity contribution in [3.8, 4) is 0 Å². The van der Waals surface area contributed by atoms with Gasteiger partial charge in [0.15, 0.2) is 6.10 Å². The van der Waals surface area contributed by atoms with Crippen molar-refractivity contribution in [1.29, 1.82) is 0 Å². The zero-order chi connectivity index (χ0) is 9.23. The van der Waals surface area contributed by atoms with Crippen molar-refractivity contribution in [3.05, 3.63) is 0 Å². The smallest absolute Gasteiger partial charge is 0.332 e. The van der Waals surface area contributed by atoms with Crippen molar-refractivity contribution in [3.63, 3.8) is 0 Å². The Morgan fingerprint density at radius 2 is 2.38 bits per heavy atom. The van der Waals surface area contributed by atoms with Gasteiger partial charge in [-0.2, -0.15) is 0 Å². The van der Waals surface area contributed by atoms with Gasteiger partial charge in [0.1, 0.15) is 0 Å². The van der Waals surface area contributed by atoms with Crippen LogP contribution in [0.1, 0.15) is 17.9 Å². The minimum absolute atomic E-state index is 1.17. The zero-order valence-electron chi connectivity index (χ0n) is 7.46. The van der Waals surface area contributed by atoms with Crippen molar-refractivity contribution in [2.75, 3.05) is 0 Å². The first kappa shape index (κ1) is 3.45. The van der Waals surface area contributed by atoms with Crippen LogP contribution in [0.25, 0.3) is 0 Å². The lowest BCUT2D eigenvalue weighted by molar-refractivity contribution is -0.148. The lowest BCUT2D eigenvalue weighted by Crippen LogP contribution is -2.25. The topological polar surface area (TPSA) is 57.5 Å². The molecule has 0 aromatic carbocycles. The third kappa shape index (κ3) is 1.93. The Balaban J connectivity index is 4.25. The summed E-state index contributed by atoms with van der Waals surface area (Å²) in [5, 5.41) is 17.0.